The first-order chi connectivity index (χ1) is 11.7. The van der Waals surface area contributed by atoms with Gasteiger partial charge in [0.25, 0.3) is 5.91 Å². The maximum absolute atomic E-state index is 12.5. The molecule has 6 nitrogen and oxygen atoms in total. The standard InChI is InChI=1S/C17H20N2O4S2/c1-17(2,3)23-13-7-4-6-11(18-13)10-12-15(22)19(16(24)25-12)9-5-8-14(20)21/h4,6-7,10H,5,8-9H2,1-3H3,(H,20,21). The molecule has 1 saturated heterocycles. The van der Waals surface area contributed by atoms with Gasteiger partial charge in [-0.1, -0.05) is 30.0 Å². The minimum atomic E-state index is -0.888. The number of hydrogen-bond acceptors (Lipinski definition) is 6. The molecule has 0 aromatic carbocycles. The van der Waals surface area contributed by atoms with Gasteiger partial charge in [-0.25, -0.2) is 4.98 Å². The van der Waals surface area contributed by atoms with Crippen molar-refractivity contribution < 1.29 is 19.4 Å². The van der Waals surface area contributed by atoms with Crippen LogP contribution in [0.15, 0.2) is 23.1 Å². The fourth-order valence-electron chi connectivity index (χ4n) is 2.10. The molecule has 2 rings (SSSR count). The Morgan fingerprint density at radius 1 is 1.44 bits per heavy atom. The largest absolute Gasteiger partial charge is 0.481 e. The molecule has 0 atom stereocenters. The van der Waals surface area contributed by atoms with Crippen molar-refractivity contribution in [3.05, 3.63) is 28.8 Å². The van der Waals surface area contributed by atoms with Crippen LogP contribution in [0.3, 0.4) is 0 Å². The Morgan fingerprint density at radius 3 is 2.80 bits per heavy atom. The molecule has 1 amide bonds. The van der Waals surface area contributed by atoms with Crippen LogP contribution in [0.4, 0.5) is 0 Å². The van der Waals surface area contributed by atoms with Crippen molar-refractivity contribution in [3.63, 3.8) is 0 Å². The van der Waals surface area contributed by atoms with Gasteiger partial charge in [0.15, 0.2) is 0 Å². The zero-order valence-corrected chi connectivity index (χ0v) is 15.9. The molecule has 0 unspecified atom stereocenters. The number of carboxylic acid groups (broad SMARTS) is 1. The number of amides is 1. The molecule has 2 heterocycles. The Labute approximate surface area is 156 Å². The van der Waals surface area contributed by atoms with Crippen LogP contribution in [-0.4, -0.2) is 43.3 Å². The smallest absolute Gasteiger partial charge is 0.303 e. The second-order valence-electron chi connectivity index (χ2n) is 6.45. The Kier molecular flexibility index (Phi) is 6.18. The Hall–Kier alpha value is -1.93. The maximum atomic E-state index is 12.5. The lowest BCUT2D eigenvalue weighted by Crippen LogP contribution is -2.29. The third-order valence-corrected chi connectivity index (χ3v) is 4.46. The molecule has 0 bridgehead atoms. The van der Waals surface area contributed by atoms with Crippen molar-refractivity contribution in [1.29, 1.82) is 0 Å². The molecular weight excluding hydrogens is 360 g/mol. The van der Waals surface area contributed by atoms with Gasteiger partial charge in [-0.05, 0) is 39.3 Å². The third kappa shape index (κ3) is 5.82. The first kappa shape index (κ1) is 19.4. The van der Waals surface area contributed by atoms with Crippen LogP contribution in [0.1, 0.15) is 39.3 Å². The number of aromatic nitrogens is 1. The predicted octanol–water partition coefficient (Wildman–Crippen LogP) is 3.32. The number of carbonyl (C=O) groups excluding carboxylic acids is 1. The van der Waals surface area contributed by atoms with E-state index in [9.17, 15) is 9.59 Å². The van der Waals surface area contributed by atoms with E-state index in [4.69, 9.17) is 22.1 Å². The zero-order valence-electron chi connectivity index (χ0n) is 14.3. The highest BCUT2D eigenvalue weighted by Crippen LogP contribution is 2.32. The maximum Gasteiger partial charge on any atom is 0.303 e. The molecule has 134 valence electrons. The summed E-state index contributed by atoms with van der Waals surface area (Å²) in [6.45, 7) is 6.10. The third-order valence-electron chi connectivity index (χ3n) is 3.08. The highest BCUT2D eigenvalue weighted by molar-refractivity contribution is 8.26. The van der Waals surface area contributed by atoms with Crippen molar-refractivity contribution >= 4 is 46.3 Å². The van der Waals surface area contributed by atoms with E-state index in [0.717, 1.165) is 0 Å². The monoisotopic (exact) mass is 380 g/mol. The van der Waals surface area contributed by atoms with Crippen LogP contribution in [0.25, 0.3) is 6.08 Å². The number of thioether (sulfide) groups is 1. The van der Waals surface area contributed by atoms with Crippen LogP contribution in [0.2, 0.25) is 0 Å². The molecular formula is C17H20N2O4S2. The summed E-state index contributed by atoms with van der Waals surface area (Å²) < 4.78 is 6.16. The number of hydrogen-bond donors (Lipinski definition) is 1. The molecule has 1 aliphatic rings. The summed E-state index contributed by atoms with van der Waals surface area (Å²) in [7, 11) is 0. The SMILES string of the molecule is CC(C)(C)Oc1cccc(C=C2SC(=S)N(CCCC(=O)O)C2=O)n1. The molecule has 1 aromatic heterocycles. The van der Waals surface area contributed by atoms with Crippen LogP contribution in [0, 0.1) is 0 Å². The topological polar surface area (TPSA) is 79.7 Å². The quantitative estimate of drug-likeness (QED) is 0.599. The second-order valence-corrected chi connectivity index (χ2v) is 8.12. The normalized spacial score (nSPS) is 16.6. The Balaban J connectivity index is 2.11. The van der Waals surface area contributed by atoms with Crippen LogP contribution >= 0.6 is 24.0 Å². The highest BCUT2D eigenvalue weighted by Gasteiger charge is 2.31. The minimum absolute atomic E-state index is 0.00382. The molecule has 0 aliphatic carbocycles. The van der Waals surface area contributed by atoms with E-state index in [1.54, 1.807) is 18.2 Å². The molecule has 1 fully saturated rings. The summed E-state index contributed by atoms with van der Waals surface area (Å²) in [5, 5.41) is 8.70. The predicted molar refractivity (Wildman–Crippen MR) is 101 cm³/mol. The molecule has 0 radical (unpaired) electrons. The summed E-state index contributed by atoms with van der Waals surface area (Å²) >= 11 is 6.42. The average Bonchev–Trinajstić information content (AvgIpc) is 2.73. The Bertz CT molecular complexity index is 726. The van der Waals surface area contributed by atoms with E-state index in [2.05, 4.69) is 4.98 Å². The number of ether oxygens (including phenoxy) is 1. The van der Waals surface area contributed by atoms with E-state index >= 15 is 0 Å². The van der Waals surface area contributed by atoms with Gasteiger partial charge in [-0.3, -0.25) is 14.5 Å². The van der Waals surface area contributed by atoms with Crippen LogP contribution in [0.5, 0.6) is 5.88 Å². The van der Waals surface area contributed by atoms with Gasteiger partial charge in [-0.15, -0.1) is 0 Å². The Morgan fingerprint density at radius 2 is 2.16 bits per heavy atom. The van der Waals surface area contributed by atoms with Gasteiger partial charge in [0.05, 0.1) is 10.6 Å². The summed E-state index contributed by atoms with van der Waals surface area (Å²) in [5.74, 6) is -0.622. The molecule has 8 heteroatoms. The fraction of sp³-hybridized carbons (Fsp3) is 0.412. The van der Waals surface area contributed by atoms with Gasteiger partial charge < -0.3 is 9.84 Å². The molecule has 1 aliphatic heterocycles. The van der Waals surface area contributed by atoms with E-state index in [1.165, 1.54) is 16.7 Å². The lowest BCUT2D eigenvalue weighted by atomic mass is 10.2. The number of carboxylic acids is 1. The molecule has 25 heavy (non-hydrogen) atoms. The lowest BCUT2D eigenvalue weighted by Gasteiger charge is -2.20. The lowest BCUT2D eigenvalue weighted by molar-refractivity contribution is -0.137. The van der Waals surface area contributed by atoms with Crippen molar-refractivity contribution in [2.75, 3.05) is 6.54 Å². The summed E-state index contributed by atoms with van der Waals surface area (Å²) in [5.41, 5.74) is 0.243. The van der Waals surface area contributed by atoms with Gasteiger partial charge in [0.1, 0.15) is 9.92 Å². The molecule has 0 spiro atoms. The average molecular weight is 380 g/mol. The number of rotatable bonds is 6. The summed E-state index contributed by atoms with van der Waals surface area (Å²) in [4.78, 5) is 29.3. The number of thiocarbonyl (C=S) groups is 1. The first-order valence-corrected chi connectivity index (χ1v) is 9.01. The van der Waals surface area contributed by atoms with Crippen LogP contribution < -0.4 is 4.74 Å². The molecule has 1 aromatic rings. The first-order valence-electron chi connectivity index (χ1n) is 7.79. The summed E-state index contributed by atoms with van der Waals surface area (Å²) in [6, 6.07) is 5.36. The van der Waals surface area contributed by atoms with Gasteiger partial charge >= 0.3 is 5.97 Å². The van der Waals surface area contributed by atoms with Crippen molar-refractivity contribution in [3.8, 4) is 5.88 Å². The number of aliphatic carboxylic acids is 1. The van der Waals surface area contributed by atoms with Gasteiger partial charge in [0.2, 0.25) is 5.88 Å². The highest BCUT2D eigenvalue weighted by atomic mass is 32.2. The van der Waals surface area contributed by atoms with E-state index in [-0.39, 0.29) is 17.9 Å². The van der Waals surface area contributed by atoms with Crippen molar-refractivity contribution in [2.24, 2.45) is 0 Å². The fourth-order valence-corrected chi connectivity index (χ4v) is 3.39. The number of nitrogens with zero attached hydrogens (tertiary/aromatic N) is 2. The van der Waals surface area contributed by atoms with E-state index in [1.807, 2.05) is 26.8 Å². The minimum Gasteiger partial charge on any atom is -0.481 e. The van der Waals surface area contributed by atoms with Crippen molar-refractivity contribution in [2.45, 2.75) is 39.2 Å². The molecule has 0 saturated carbocycles. The van der Waals surface area contributed by atoms with Gasteiger partial charge in [-0.2, -0.15) is 0 Å². The number of carbonyl (C=O) groups is 2. The van der Waals surface area contributed by atoms with Crippen molar-refractivity contribution in [1.82, 2.24) is 9.88 Å². The molecule has 1 N–H and O–H groups in total. The van der Waals surface area contributed by atoms with Crippen LogP contribution in [-0.2, 0) is 9.59 Å². The second kappa shape index (κ2) is 7.97. The zero-order chi connectivity index (χ0) is 18.6. The van der Waals surface area contributed by atoms with E-state index in [0.29, 0.717) is 33.8 Å². The van der Waals surface area contributed by atoms with E-state index < -0.39 is 5.97 Å². The summed E-state index contributed by atoms with van der Waals surface area (Å²) in [6.07, 6.45) is 2.04. The number of pyridine rings is 1. The van der Waals surface area contributed by atoms with Gasteiger partial charge in [0, 0.05) is 19.0 Å².